The molecule has 34 N–H and O–H groups in total. The highest BCUT2D eigenvalue weighted by atomic mass is 16.8. The lowest BCUT2D eigenvalue weighted by Crippen LogP contribution is -2.71. The Morgan fingerprint density at radius 1 is 0.228 bits per heavy atom. The van der Waals surface area contributed by atoms with Crippen molar-refractivity contribution in [3.05, 3.63) is 0 Å². The lowest BCUT2D eigenvalue weighted by Gasteiger charge is -2.50. The van der Waals surface area contributed by atoms with Crippen LogP contribution in [-0.4, -0.2) is 578 Å². The third kappa shape index (κ3) is 23.7. The van der Waals surface area contributed by atoms with Gasteiger partial charge in [0.25, 0.3) is 0 Å². The maximum absolute atomic E-state index is 13.2. The smallest absolute Gasteiger partial charge is 0.335 e. The third-order valence-corrected chi connectivity index (χ3v) is 24.1. The van der Waals surface area contributed by atoms with Gasteiger partial charge in [0, 0.05) is 27.7 Å². The average molecular weight is 1990 g/mol. The molecule has 780 valence electrons. The minimum Gasteiger partial charge on any atom is -0.479 e. The monoisotopic (exact) mass is 1990 g/mol. The molecule has 4 amide bonds. The summed E-state index contributed by atoms with van der Waals surface area (Å²) in [4.78, 5) is 103. The summed E-state index contributed by atoms with van der Waals surface area (Å²) in [5, 5.41) is 340. The van der Waals surface area contributed by atoms with Gasteiger partial charge in [0.2, 0.25) is 23.6 Å². The van der Waals surface area contributed by atoms with Crippen LogP contribution in [0.1, 0.15) is 27.7 Å². The summed E-state index contributed by atoms with van der Waals surface area (Å²) in [6, 6.07) is -8.10. The average Bonchev–Trinajstić information content (AvgIpc) is 0.758. The fourth-order valence-electron chi connectivity index (χ4n) is 17.1. The second kappa shape index (κ2) is 46.9. The third-order valence-electron chi connectivity index (χ3n) is 24.1. The Balaban J connectivity index is 0.731. The molecule has 0 aromatic heterocycles. The highest BCUT2D eigenvalue weighted by Gasteiger charge is 2.64. The SMILES string of the molecule is CC(=O)N[C@H]1[C@@H](O[C@H]2[C@H](O)[C@@H](O)[C@H](O[C@H]3[C@@H](O)[C@@H](CO)O[C@@H](O[C@H]4[C@@H](O)[C@@H](CO)O[C@@H](O[C@@H]5CO[C@H](O)[C@H](O)[C@H]5O)[C@@H]4O)[C@@H]3O)O[C@@H]2C(=O)O)O[C@H](CO)[C@@H](O[C@@H]2O[C@H](C(=O)O)[C@@H](O[C@H]3O[C@H](CO)[C@@H](O[C@@H]4O[C@H](C(=O)O)[C@@H](O[C@H]5O[C@H](CO)[C@@H](O[C@@H]6O[C@H](C(=O)O)[C@@H](O[C@H]7O[C@H](CO)[C@@H](O)[C@H](O)[C@H]7NC(C)=O)[C@H](O)[C@H]6O)[C@H](O)[C@H]5NC(C)=O)[C@H](O)[C@H]4O)[C@H](O)[C@H]3NC(C)=O)[C@H](O)[C@H]2O)[C@@H]1O. The van der Waals surface area contributed by atoms with Crippen molar-refractivity contribution in [3.8, 4) is 0 Å². The first-order valence-corrected chi connectivity index (χ1v) is 42.0. The van der Waals surface area contributed by atoms with Gasteiger partial charge in [-0.3, -0.25) is 19.2 Å². The number of carboxylic acid groups (broad SMARTS) is 4. The van der Waals surface area contributed by atoms with E-state index in [-0.39, 0.29) is 0 Å². The molecule has 0 saturated carbocycles. The zero-order valence-corrected chi connectivity index (χ0v) is 71.4. The van der Waals surface area contributed by atoms with Crippen LogP contribution in [0.15, 0.2) is 0 Å². The molecule has 63 heteroatoms. The predicted octanol–water partition coefficient (Wildman–Crippen LogP) is -23.4. The van der Waals surface area contributed by atoms with Crippen molar-refractivity contribution in [1.82, 2.24) is 21.3 Å². The van der Waals surface area contributed by atoms with E-state index in [1.165, 1.54) is 0 Å². The Hall–Kier alpha value is -6.12. The molecule has 0 aliphatic carbocycles. The first kappa shape index (κ1) is 110. The van der Waals surface area contributed by atoms with Gasteiger partial charge in [0.05, 0.1) is 46.2 Å². The van der Waals surface area contributed by atoms with Gasteiger partial charge in [-0.2, -0.15) is 0 Å². The van der Waals surface area contributed by atoms with E-state index >= 15 is 0 Å². The van der Waals surface area contributed by atoms with Gasteiger partial charge in [-0.25, -0.2) is 19.2 Å². The van der Waals surface area contributed by atoms with E-state index in [1.807, 2.05) is 0 Å². The first-order chi connectivity index (χ1) is 64.1. The van der Waals surface area contributed by atoms with Crippen LogP contribution >= 0.6 is 0 Å². The number of aliphatic carboxylic acids is 4. The summed E-state index contributed by atoms with van der Waals surface area (Å²) < 4.78 is 118. The van der Waals surface area contributed by atoms with E-state index in [0.29, 0.717) is 0 Å². The predicted molar refractivity (Wildman–Crippen MR) is 405 cm³/mol. The highest BCUT2D eigenvalue weighted by Crippen LogP contribution is 2.42. The zero-order chi connectivity index (χ0) is 100. The number of carbonyl (C=O) groups excluding carboxylic acids is 4. The quantitative estimate of drug-likeness (QED) is 0.0284. The van der Waals surface area contributed by atoms with E-state index in [0.717, 1.165) is 27.7 Å². The van der Waals surface area contributed by atoms with Gasteiger partial charge in [-0.05, 0) is 0 Å². The molecular formula is C73H114N4O59. The lowest BCUT2D eigenvalue weighted by atomic mass is 9.93. The number of ether oxygens (including phenoxy) is 21. The van der Waals surface area contributed by atoms with E-state index in [9.17, 15) is 192 Å². The standard InChI is InChI=1S/C73H114N4O59/c1-12(84)74-23-31(92)27(88)16(5-78)117-64(23)129-51-35(96)40(101)68(133-55(51)59(107)108)124-46-19(8-81)120-65(24(32(46)93)75-13(2)85)130-52-36(97)41(102)69(134-56(52)60(109)110)125-47-20(9-82)121-66(25(33(47)94)76-14(3)86)131-53-37(98)42(103)70(135-57(53)61(111)112)126-48-21(10-83)122-67(26(34(48)95)77-15(4)87)132-54-38(99)43(104)71(136-58(54)62(113)114)127-50-30(91)18(7-80)119-73(45(50)106)128-49-29(90)17(6-79)118-72(44(49)105)123-22-11-116-63(115)39(100)28(22)89/h16-58,63-73,78-83,88-106,115H,5-11H2,1-4H3,(H,74,84)(H,75,85)(H,76,86)(H,77,87)(H,107,108)(H,109,110)(H,111,112)(H,113,114)/t16-,17-,18-,19-,20-,21-,22-,23-,24-,25-,26-,27-,28+,29+,30+,31-,32-,33-,34-,35-,36-,37-,38-,39-,40-,41-,42-,43-,44-,45-,46-,47-,48-,49+,50+,51+,52+,53+,54+,55+,56+,57+,58+,63+,64-,65-,66-,67-,68-,69-,70-,71-,72+,73+/m1/s1. The van der Waals surface area contributed by atoms with Crippen LogP contribution in [0.3, 0.4) is 0 Å². The molecule has 0 unspecified atom stereocenters. The van der Waals surface area contributed by atoms with Crippen LogP contribution in [0, 0.1) is 0 Å². The molecule has 0 bridgehead atoms. The van der Waals surface area contributed by atoms with Crippen molar-refractivity contribution < 1.29 is 291 Å². The summed E-state index contributed by atoms with van der Waals surface area (Å²) in [6.07, 6.45) is -113. The Kier molecular flexibility index (Phi) is 38.1. The van der Waals surface area contributed by atoms with Crippen LogP contribution in [-0.2, 0) is 138 Å². The van der Waals surface area contributed by atoms with Gasteiger partial charge in [-0.1, -0.05) is 0 Å². The molecule has 11 heterocycles. The molecule has 11 fully saturated rings. The van der Waals surface area contributed by atoms with Crippen LogP contribution in [0.4, 0.5) is 0 Å². The Morgan fingerprint density at radius 3 is 0.706 bits per heavy atom. The number of aliphatic hydroxyl groups is 26. The summed E-state index contributed by atoms with van der Waals surface area (Å²) in [7, 11) is 0. The minimum absolute atomic E-state index is 0.622. The molecule has 11 rings (SSSR count). The van der Waals surface area contributed by atoms with Gasteiger partial charge in [0.15, 0.2) is 93.6 Å². The van der Waals surface area contributed by atoms with Crippen LogP contribution < -0.4 is 21.3 Å². The second-order valence-corrected chi connectivity index (χ2v) is 33.4. The van der Waals surface area contributed by atoms with Crippen molar-refractivity contribution in [2.45, 2.75) is 359 Å². The first-order valence-electron chi connectivity index (χ1n) is 42.0. The number of carbonyl (C=O) groups is 8. The summed E-state index contributed by atoms with van der Waals surface area (Å²) in [5.74, 6) is -12.3. The maximum Gasteiger partial charge on any atom is 0.335 e. The molecule has 0 aromatic rings. The van der Waals surface area contributed by atoms with Crippen molar-refractivity contribution in [3.63, 3.8) is 0 Å². The maximum atomic E-state index is 13.2. The molecular weight excluding hydrogens is 1880 g/mol. The van der Waals surface area contributed by atoms with Crippen molar-refractivity contribution in [2.24, 2.45) is 0 Å². The van der Waals surface area contributed by atoms with Crippen molar-refractivity contribution >= 4 is 47.5 Å². The van der Waals surface area contributed by atoms with E-state index in [2.05, 4.69) is 21.3 Å². The highest BCUT2D eigenvalue weighted by molar-refractivity contribution is 5.76. The second-order valence-electron chi connectivity index (χ2n) is 33.4. The van der Waals surface area contributed by atoms with Crippen molar-refractivity contribution in [1.29, 1.82) is 0 Å². The van der Waals surface area contributed by atoms with Gasteiger partial charge in [-0.15, -0.1) is 0 Å². The number of carboxylic acids is 4. The fraction of sp³-hybridized carbons (Fsp3) is 0.890. The molecule has 54 atom stereocenters. The Bertz CT molecular complexity index is 3960. The fourth-order valence-corrected chi connectivity index (χ4v) is 17.1. The molecule has 0 radical (unpaired) electrons. The topological polar surface area (TPSA) is 985 Å². The molecule has 0 aromatic carbocycles. The molecule has 11 saturated heterocycles. The number of aliphatic hydroxyl groups excluding tert-OH is 26. The zero-order valence-electron chi connectivity index (χ0n) is 71.4. The summed E-state index contributed by atoms with van der Waals surface area (Å²) >= 11 is 0. The number of hydrogen-bond donors (Lipinski definition) is 34. The number of nitrogens with one attached hydrogen (secondary N) is 4. The lowest BCUT2D eigenvalue weighted by molar-refractivity contribution is -0.391. The largest absolute Gasteiger partial charge is 0.479 e. The van der Waals surface area contributed by atoms with E-state index in [1.54, 1.807) is 0 Å². The summed E-state index contributed by atoms with van der Waals surface area (Å²) in [6.45, 7) is -4.28. The number of rotatable bonds is 34. The van der Waals surface area contributed by atoms with Gasteiger partial charge < -0.3 is 274 Å². The Morgan fingerprint density at radius 2 is 0.449 bits per heavy atom. The number of amides is 4. The van der Waals surface area contributed by atoms with E-state index < -0.39 is 425 Å². The van der Waals surface area contributed by atoms with Crippen molar-refractivity contribution in [2.75, 3.05) is 46.2 Å². The number of hydrogen-bond acceptors (Lipinski definition) is 55. The molecule has 136 heavy (non-hydrogen) atoms. The van der Waals surface area contributed by atoms with Crippen LogP contribution in [0.2, 0.25) is 0 Å². The van der Waals surface area contributed by atoms with Crippen LogP contribution in [0.5, 0.6) is 0 Å². The normalized spacial score (nSPS) is 48.5. The van der Waals surface area contributed by atoms with Gasteiger partial charge >= 0.3 is 23.9 Å². The van der Waals surface area contributed by atoms with Gasteiger partial charge in [0.1, 0.15) is 238 Å². The summed E-state index contributed by atoms with van der Waals surface area (Å²) in [5.41, 5.74) is 0. The molecule has 63 nitrogen and oxygen atoms in total. The molecule has 11 aliphatic rings. The molecule has 0 spiro atoms. The molecule has 11 aliphatic heterocycles. The minimum atomic E-state index is -2.65. The Labute approximate surface area is 763 Å². The van der Waals surface area contributed by atoms with E-state index in [4.69, 9.17) is 99.5 Å². The van der Waals surface area contributed by atoms with Crippen LogP contribution in [0.25, 0.3) is 0 Å².